The molecular weight excluding hydrogens is 326 g/mol. The van der Waals surface area contributed by atoms with Gasteiger partial charge in [-0.15, -0.1) is 0 Å². The minimum atomic E-state index is -0.0809. The summed E-state index contributed by atoms with van der Waals surface area (Å²) >= 11 is 0. The summed E-state index contributed by atoms with van der Waals surface area (Å²) in [6.45, 7) is 0.464. The highest BCUT2D eigenvalue weighted by molar-refractivity contribution is 5.91. The number of aliphatic hydroxyl groups is 1. The molecule has 0 amide bonds. The first-order valence-electron chi connectivity index (χ1n) is 8.62. The van der Waals surface area contributed by atoms with E-state index in [1.807, 2.05) is 54.7 Å². The number of para-hydroxylation sites is 2. The van der Waals surface area contributed by atoms with E-state index in [4.69, 9.17) is 5.11 Å². The van der Waals surface area contributed by atoms with Gasteiger partial charge in [0.2, 0.25) is 0 Å². The van der Waals surface area contributed by atoms with E-state index in [2.05, 4.69) is 16.0 Å². The fraction of sp³-hybridized carbons (Fsp3) is 0.143. The van der Waals surface area contributed by atoms with Crippen molar-refractivity contribution in [1.29, 1.82) is 0 Å². The van der Waals surface area contributed by atoms with E-state index < -0.39 is 0 Å². The third-order valence-corrected chi connectivity index (χ3v) is 4.46. The molecule has 2 aromatic carbocycles. The topological polar surface area (TPSA) is 70.9 Å². The van der Waals surface area contributed by atoms with Gasteiger partial charge in [-0.05, 0) is 42.3 Å². The summed E-state index contributed by atoms with van der Waals surface area (Å²) in [5.74, 6) is 0.590. The third-order valence-electron chi connectivity index (χ3n) is 4.46. The lowest BCUT2D eigenvalue weighted by Crippen LogP contribution is -2.24. The molecule has 130 valence electrons. The molecule has 5 heteroatoms. The molecule has 0 aliphatic heterocycles. The van der Waals surface area contributed by atoms with Crippen LogP contribution in [0.2, 0.25) is 0 Å². The van der Waals surface area contributed by atoms with Crippen molar-refractivity contribution in [3.8, 4) is 0 Å². The summed E-state index contributed by atoms with van der Waals surface area (Å²) in [7, 11) is 0. The maximum Gasteiger partial charge on any atom is 0.261 e. The second kappa shape index (κ2) is 6.98. The van der Waals surface area contributed by atoms with Crippen molar-refractivity contribution in [2.45, 2.75) is 13.0 Å². The Morgan fingerprint density at radius 1 is 1.04 bits per heavy atom. The van der Waals surface area contributed by atoms with Crippen LogP contribution in [0, 0.1) is 0 Å². The van der Waals surface area contributed by atoms with Gasteiger partial charge in [-0.1, -0.05) is 30.3 Å². The van der Waals surface area contributed by atoms with Gasteiger partial charge in [0.05, 0.1) is 10.9 Å². The lowest BCUT2D eigenvalue weighted by molar-refractivity contribution is 0.278. The molecule has 0 atom stereocenters. The Morgan fingerprint density at radius 3 is 2.65 bits per heavy atom. The van der Waals surface area contributed by atoms with Crippen molar-refractivity contribution in [3.05, 3.63) is 76.5 Å². The Bertz CT molecular complexity index is 1150. The smallest absolute Gasteiger partial charge is 0.261 e. The molecule has 0 aliphatic rings. The summed E-state index contributed by atoms with van der Waals surface area (Å²) in [6, 6.07) is 15.4. The number of aliphatic hydroxyl groups excluding tert-OH is 1. The number of benzene rings is 2. The van der Waals surface area contributed by atoms with Crippen molar-refractivity contribution >= 4 is 34.0 Å². The highest BCUT2D eigenvalue weighted by atomic mass is 16.3. The van der Waals surface area contributed by atoms with Crippen molar-refractivity contribution in [1.82, 2.24) is 14.5 Å². The predicted octanol–water partition coefficient (Wildman–Crippen LogP) is 3.43. The number of nitrogens with zero attached hydrogens (tertiary/aromatic N) is 2. The van der Waals surface area contributed by atoms with Gasteiger partial charge in [0.1, 0.15) is 5.82 Å². The maximum atomic E-state index is 12.8. The molecule has 26 heavy (non-hydrogen) atoms. The number of hydrogen-bond donors (Lipinski definition) is 2. The van der Waals surface area contributed by atoms with Crippen LogP contribution in [0.3, 0.4) is 0 Å². The molecule has 0 spiro atoms. The normalized spacial score (nSPS) is 11.7. The zero-order valence-electron chi connectivity index (χ0n) is 14.2. The third kappa shape index (κ3) is 2.93. The maximum absolute atomic E-state index is 12.8. The van der Waals surface area contributed by atoms with Crippen LogP contribution < -0.4 is 5.56 Å². The molecule has 0 unspecified atom stereocenters. The number of fused-ring (bicyclic) bond motifs is 2. The molecule has 0 saturated heterocycles. The van der Waals surface area contributed by atoms with E-state index in [0.29, 0.717) is 29.7 Å². The van der Waals surface area contributed by atoms with Crippen molar-refractivity contribution in [2.24, 2.45) is 0 Å². The molecule has 0 bridgehead atoms. The number of aromatic amines is 1. The molecule has 2 N–H and O–H groups in total. The first kappa shape index (κ1) is 16.3. The van der Waals surface area contributed by atoms with E-state index in [1.54, 1.807) is 10.6 Å². The van der Waals surface area contributed by atoms with Gasteiger partial charge in [-0.3, -0.25) is 9.36 Å². The number of aromatic nitrogens is 3. The second-order valence-corrected chi connectivity index (χ2v) is 6.14. The summed E-state index contributed by atoms with van der Waals surface area (Å²) < 4.78 is 1.63. The van der Waals surface area contributed by atoms with Crippen LogP contribution >= 0.6 is 0 Å². The Kier molecular flexibility index (Phi) is 4.37. The summed E-state index contributed by atoms with van der Waals surface area (Å²) in [5, 5.41) is 10.9. The van der Waals surface area contributed by atoms with Crippen LogP contribution in [0.15, 0.2) is 59.5 Å². The second-order valence-electron chi connectivity index (χ2n) is 6.14. The van der Waals surface area contributed by atoms with Crippen molar-refractivity contribution in [2.75, 3.05) is 6.61 Å². The average molecular weight is 345 g/mol. The summed E-state index contributed by atoms with van der Waals surface area (Å²) in [5.41, 5.74) is 2.70. The molecule has 0 fully saturated rings. The highest BCUT2D eigenvalue weighted by Crippen LogP contribution is 2.20. The molecular formula is C21H19N3O2. The van der Waals surface area contributed by atoms with Gasteiger partial charge in [-0.25, -0.2) is 4.98 Å². The number of H-pyrrole nitrogens is 1. The molecule has 2 heterocycles. The van der Waals surface area contributed by atoms with Crippen LogP contribution in [0.5, 0.6) is 0 Å². The highest BCUT2D eigenvalue weighted by Gasteiger charge is 2.09. The monoisotopic (exact) mass is 345 g/mol. The van der Waals surface area contributed by atoms with Gasteiger partial charge in [0.15, 0.2) is 0 Å². The SMILES string of the molecule is O=c1c2ccccc2nc(/C=C/c2c[nH]c3ccccc23)n1CCCO. The fourth-order valence-corrected chi connectivity index (χ4v) is 3.15. The van der Waals surface area contributed by atoms with E-state index in [0.717, 1.165) is 16.5 Å². The Labute approximate surface area is 150 Å². The number of nitrogens with one attached hydrogen (secondary N) is 1. The molecule has 4 aromatic rings. The van der Waals surface area contributed by atoms with Gasteiger partial charge in [0.25, 0.3) is 5.56 Å². The van der Waals surface area contributed by atoms with Crippen LogP contribution in [0.1, 0.15) is 17.8 Å². The molecule has 2 aromatic heterocycles. The van der Waals surface area contributed by atoms with Crippen LogP contribution in [0.4, 0.5) is 0 Å². The quantitative estimate of drug-likeness (QED) is 0.582. The van der Waals surface area contributed by atoms with Gasteiger partial charge in [0, 0.05) is 30.3 Å². The lowest BCUT2D eigenvalue weighted by atomic mass is 10.1. The van der Waals surface area contributed by atoms with Crippen molar-refractivity contribution < 1.29 is 5.11 Å². The van der Waals surface area contributed by atoms with E-state index in [1.165, 1.54) is 0 Å². The lowest BCUT2D eigenvalue weighted by Gasteiger charge is -2.10. The van der Waals surface area contributed by atoms with E-state index in [9.17, 15) is 4.79 Å². The van der Waals surface area contributed by atoms with E-state index in [-0.39, 0.29) is 12.2 Å². The largest absolute Gasteiger partial charge is 0.396 e. The zero-order chi connectivity index (χ0) is 17.9. The Morgan fingerprint density at radius 2 is 1.81 bits per heavy atom. The minimum Gasteiger partial charge on any atom is -0.396 e. The standard InChI is InChI=1S/C21H19N3O2/c25-13-5-12-24-20(23-19-9-4-2-7-17(19)21(24)26)11-10-15-14-22-18-8-3-1-6-16(15)18/h1-4,6-11,14,22,25H,5,12-13H2/b11-10+. The summed E-state index contributed by atoms with van der Waals surface area (Å²) in [4.78, 5) is 20.7. The molecule has 0 radical (unpaired) electrons. The molecule has 5 nitrogen and oxygen atoms in total. The minimum absolute atomic E-state index is 0.0326. The Balaban J connectivity index is 1.83. The first-order valence-corrected chi connectivity index (χ1v) is 8.62. The average Bonchev–Trinajstić information content (AvgIpc) is 3.09. The Hall–Kier alpha value is -3.18. The summed E-state index contributed by atoms with van der Waals surface area (Å²) in [6.07, 6.45) is 6.28. The van der Waals surface area contributed by atoms with E-state index >= 15 is 0 Å². The number of hydrogen-bond acceptors (Lipinski definition) is 3. The van der Waals surface area contributed by atoms with Gasteiger partial charge >= 0.3 is 0 Å². The molecule has 0 aliphatic carbocycles. The first-order chi connectivity index (χ1) is 12.8. The molecule has 0 saturated carbocycles. The molecule has 4 rings (SSSR count). The predicted molar refractivity (Wildman–Crippen MR) is 105 cm³/mol. The van der Waals surface area contributed by atoms with Crippen LogP contribution in [-0.4, -0.2) is 26.2 Å². The fourth-order valence-electron chi connectivity index (χ4n) is 3.15. The van der Waals surface area contributed by atoms with Crippen LogP contribution in [-0.2, 0) is 6.54 Å². The van der Waals surface area contributed by atoms with Crippen molar-refractivity contribution in [3.63, 3.8) is 0 Å². The zero-order valence-corrected chi connectivity index (χ0v) is 14.2. The number of rotatable bonds is 5. The van der Waals surface area contributed by atoms with Gasteiger partial charge in [-0.2, -0.15) is 0 Å². The van der Waals surface area contributed by atoms with Gasteiger partial charge < -0.3 is 10.1 Å². The van der Waals surface area contributed by atoms with Crippen LogP contribution in [0.25, 0.3) is 34.0 Å².